The van der Waals surface area contributed by atoms with Crippen molar-refractivity contribution >= 4 is 11.9 Å². The summed E-state index contributed by atoms with van der Waals surface area (Å²) >= 11 is 0. The first-order valence-corrected chi connectivity index (χ1v) is 6.32. The number of ether oxygens (including phenoxy) is 1. The van der Waals surface area contributed by atoms with Crippen molar-refractivity contribution in [3.63, 3.8) is 0 Å². The molecule has 1 saturated heterocycles. The van der Waals surface area contributed by atoms with E-state index >= 15 is 0 Å². The molecule has 2 N–H and O–H groups in total. The molecule has 1 aliphatic rings. The Morgan fingerprint density at radius 1 is 1.25 bits per heavy atom. The van der Waals surface area contributed by atoms with E-state index in [1.165, 1.54) is 0 Å². The summed E-state index contributed by atoms with van der Waals surface area (Å²) in [5, 5.41) is 4.70. The van der Waals surface area contributed by atoms with Crippen LogP contribution in [-0.2, 0) is 14.3 Å². The van der Waals surface area contributed by atoms with Crippen LogP contribution in [0.3, 0.4) is 0 Å². The molecule has 20 heavy (non-hydrogen) atoms. The normalized spacial score (nSPS) is 24.1. The lowest BCUT2D eigenvalue weighted by atomic mass is 9.92. The zero-order chi connectivity index (χ0) is 15.6. The van der Waals surface area contributed by atoms with Gasteiger partial charge in [-0.05, 0) is 33.7 Å². The van der Waals surface area contributed by atoms with Gasteiger partial charge in [-0.25, -0.2) is 0 Å². The minimum absolute atomic E-state index is 0.103. The van der Waals surface area contributed by atoms with Crippen LogP contribution in [0.2, 0.25) is 0 Å². The van der Waals surface area contributed by atoms with E-state index in [1.54, 1.807) is 20.8 Å². The summed E-state index contributed by atoms with van der Waals surface area (Å²) in [4.78, 5) is 22.9. The predicted molar refractivity (Wildman–Crippen MR) is 64.8 cm³/mol. The highest BCUT2D eigenvalue weighted by Gasteiger charge is 2.43. The summed E-state index contributed by atoms with van der Waals surface area (Å²) in [6.45, 7) is 5.62. The van der Waals surface area contributed by atoms with Gasteiger partial charge in [0.2, 0.25) is 0 Å². The molecule has 5 nitrogen and oxygen atoms in total. The van der Waals surface area contributed by atoms with Crippen LogP contribution in [0.4, 0.5) is 13.2 Å². The first kappa shape index (κ1) is 16.7. The van der Waals surface area contributed by atoms with E-state index in [0.29, 0.717) is 13.0 Å². The van der Waals surface area contributed by atoms with Crippen LogP contribution >= 0.6 is 0 Å². The molecule has 1 fully saturated rings. The van der Waals surface area contributed by atoms with E-state index in [4.69, 9.17) is 4.74 Å². The lowest BCUT2D eigenvalue weighted by Gasteiger charge is -2.33. The van der Waals surface area contributed by atoms with Crippen LogP contribution in [-0.4, -0.2) is 42.8 Å². The highest BCUT2D eigenvalue weighted by molar-refractivity contribution is 5.83. The molecule has 0 bridgehead atoms. The van der Waals surface area contributed by atoms with Crippen LogP contribution < -0.4 is 10.6 Å². The topological polar surface area (TPSA) is 67.4 Å². The van der Waals surface area contributed by atoms with Gasteiger partial charge < -0.3 is 15.4 Å². The second-order valence-electron chi connectivity index (χ2n) is 5.71. The van der Waals surface area contributed by atoms with Crippen molar-refractivity contribution in [2.24, 2.45) is 5.92 Å². The van der Waals surface area contributed by atoms with Crippen LogP contribution in [0.25, 0.3) is 0 Å². The fourth-order valence-corrected chi connectivity index (χ4v) is 1.92. The Labute approximate surface area is 115 Å². The minimum atomic E-state index is -4.96. The van der Waals surface area contributed by atoms with Crippen LogP contribution in [0, 0.1) is 5.92 Å². The summed E-state index contributed by atoms with van der Waals surface area (Å²) in [5.41, 5.74) is -0.722. The number of piperidine rings is 1. The lowest BCUT2D eigenvalue weighted by Crippen LogP contribution is -2.56. The van der Waals surface area contributed by atoms with Gasteiger partial charge in [-0.2, -0.15) is 13.2 Å². The largest absolute Gasteiger partial charge is 0.471 e. The predicted octanol–water partition coefficient (Wildman–Crippen LogP) is 0.985. The maximum Gasteiger partial charge on any atom is 0.471 e. The highest BCUT2D eigenvalue weighted by Crippen LogP contribution is 2.21. The molecule has 1 aliphatic heterocycles. The van der Waals surface area contributed by atoms with Gasteiger partial charge in [0.15, 0.2) is 0 Å². The van der Waals surface area contributed by atoms with Gasteiger partial charge in [0.05, 0.1) is 12.0 Å². The maximum absolute atomic E-state index is 12.3. The summed E-state index contributed by atoms with van der Waals surface area (Å²) in [7, 11) is 0. The summed E-state index contributed by atoms with van der Waals surface area (Å²) in [6, 6.07) is -0.923. The van der Waals surface area contributed by atoms with Crippen LogP contribution in [0.15, 0.2) is 0 Å². The van der Waals surface area contributed by atoms with Gasteiger partial charge in [0, 0.05) is 6.54 Å². The Bertz CT molecular complexity index is 377. The zero-order valence-corrected chi connectivity index (χ0v) is 11.6. The smallest absolute Gasteiger partial charge is 0.460 e. The molecular weight excluding hydrogens is 277 g/mol. The summed E-state index contributed by atoms with van der Waals surface area (Å²) < 4.78 is 41.9. The van der Waals surface area contributed by atoms with Crippen molar-refractivity contribution < 1.29 is 27.5 Å². The summed E-state index contributed by atoms with van der Waals surface area (Å²) in [5.74, 6) is -3.41. The van der Waals surface area contributed by atoms with Crippen molar-refractivity contribution in [2.45, 2.75) is 45.0 Å². The quantitative estimate of drug-likeness (QED) is 0.746. The first-order chi connectivity index (χ1) is 9.00. The third-order valence-corrected chi connectivity index (χ3v) is 2.77. The fourth-order valence-electron chi connectivity index (χ4n) is 1.92. The molecular formula is C12H19F3N2O3. The molecule has 1 rings (SSSR count). The van der Waals surface area contributed by atoms with Gasteiger partial charge in [0.1, 0.15) is 5.60 Å². The Hall–Kier alpha value is -1.31. The molecule has 2 unspecified atom stereocenters. The molecule has 0 saturated carbocycles. The van der Waals surface area contributed by atoms with Crippen molar-refractivity contribution in [1.29, 1.82) is 0 Å². The number of esters is 1. The molecule has 8 heteroatoms. The number of alkyl halides is 3. The average Bonchev–Trinajstić information content (AvgIpc) is 2.25. The van der Waals surface area contributed by atoms with E-state index in [0.717, 1.165) is 0 Å². The van der Waals surface area contributed by atoms with Crippen molar-refractivity contribution in [2.75, 3.05) is 13.1 Å². The molecule has 2 atom stereocenters. The molecule has 0 aromatic heterocycles. The molecule has 0 radical (unpaired) electrons. The molecule has 116 valence electrons. The number of amides is 1. The molecule has 1 heterocycles. The van der Waals surface area contributed by atoms with Crippen molar-refractivity contribution in [3.05, 3.63) is 0 Å². The number of carbonyl (C=O) groups excluding carboxylic acids is 2. The Morgan fingerprint density at radius 3 is 2.35 bits per heavy atom. The number of nitrogens with one attached hydrogen (secondary N) is 2. The van der Waals surface area contributed by atoms with Crippen LogP contribution in [0.5, 0.6) is 0 Å². The first-order valence-electron chi connectivity index (χ1n) is 6.32. The minimum Gasteiger partial charge on any atom is -0.460 e. The molecule has 0 aromatic rings. The second kappa shape index (κ2) is 5.99. The van der Waals surface area contributed by atoms with E-state index in [-0.39, 0.29) is 6.54 Å². The lowest BCUT2D eigenvalue weighted by molar-refractivity contribution is -0.176. The van der Waals surface area contributed by atoms with Crippen molar-refractivity contribution in [1.82, 2.24) is 10.6 Å². The second-order valence-corrected chi connectivity index (χ2v) is 5.71. The van der Waals surface area contributed by atoms with Gasteiger partial charge >= 0.3 is 18.1 Å². The SMILES string of the molecule is CC(C)(C)OC(=O)C1CCNCC1NC(=O)C(F)(F)F. The van der Waals surface area contributed by atoms with E-state index in [1.807, 2.05) is 5.32 Å². The van der Waals surface area contributed by atoms with Gasteiger partial charge in [0.25, 0.3) is 0 Å². The Balaban J connectivity index is 2.72. The van der Waals surface area contributed by atoms with E-state index < -0.39 is 35.6 Å². The van der Waals surface area contributed by atoms with Crippen molar-refractivity contribution in [3.8, 4) is 0 Å². The number of halogens is 3. The standard InChI is InChI=1S/C12H19F3N2O3/c1-11(2,3)20-9(18)7-4-5-16-6-8(7)17-10(19)12(13,14)15/h7-8,16H,4-6H2,1-3H3,(H,17,19). The highest BCUT2D eigenvalue weighted by atomic mass is 19.4. The zero-order valence-electron chi connectivity index (χ0n) is 11.6. The number of carbonyl (C=O) groups is 2. The Kier molecular flexibility index (Phi) is 5.01. The molecule has 1 amide bonds. The number of hydrogen-bond donors (Lipinski definition) is 2. The molecule has 0 spiro atoms. The average molecular weight is 296 g/mol. The molecule has 0 aliphatic carbocycles. The number of hydrogen-bond acceptors (Lipinski definition) is 4. The van der Waals surface area contributed by atoms with E-state index in [9.17, 15) is 22.8 Å². The Morgan fingerprint density at radius 2 is 1.85 bits per heavy atom. The van der Waals surface area contributed by atoms with Gasteiger partial charge in [-0.15, -0.1) is 0 Å². The maximum atomic E-state index is 12.3. The van der Waals surface area contributed by atoms with E-state index in [2.05, 4.69) is 5.32 Å². The monoisotopic (exact) mass is 296 g/mol. The third kappa shape index (κ3) is 4.99. The van der Waals surface area contributed by atoms with Crippen LogP contribution in [0.1, 0.15) is 27.2 Å². The third-order valence-electron chi connectivity index (χ3n) is 2.77. The fraction of sp³-hybridized carbons (Fsp3) is 0.833. The van der Waals surface area contributed by atoms with Gasteiger partial charge in [-0.1, -0.05) is 0 Å². The van der Waals surface area contributed by atoms with Gasteiger partial charge in [-0.3, -0.25) is 9.59 Å². The molecule has 0 aromatic carbocycles. The summed E-state index contributed by atoms with van der Waals surface area (Å²) in [6.07, 6.45) is -4.65. The number of rotatable bonds is 2.